The average molecular weight is 308 g/mol. The van der Waals surface area contributed by atoms with Crippen LogP contribution in [-0.4, -0.2) is 42.0 Å². The van der Waals surface area contributed by atoms with Crippen molar-refractivity contribution in [1.82, 2.24) is 4.90 Å². The van der Waals surface area contributed by atoms with Gasteiger partial charge >= 0.3 is 0 Å². The predicted molar refractivity (Wildman–Crippen MR) is 79.9 cm³/mol. The lowest BCUT2D eigenvalue weighted by Crippen LogP contribution is -2.44. The molecule has 0 atom stereocenters. The maximum Gasteiger partial charge on any atom is 0.260 e. The highest BCUT2D eigenvalue weighted by Crippen LogP contribution is 2.35. The minimum absolute atomic E-state index is 0.0337. The molecule has 2 rings (SSSR count). The molecule has 0 saturated carbocycles. The predicted octanol–water partition coefficient (Wildman–Crippen LogP) is 2.70. The Kier molecular flexibility index (Phi) is 4.73. The summed E-state index contributed by atoms with van der Waals surface area (Å²) in [6.07, 6.45) is 3.08. The second-order valence-corrected chi connectivity index (χ2v) is 6.11. The highest BCUT2D eigenvalue weighted by Gasteiger charge is 2.36. The molecule has 0 spiro atoms. The van der Waals surface area contributed by atoms with Crippen molar-refractivity contribution in [3.8, 4) is 11.8 Å². The monoisotopic (exact) mass is 308 g/mol. The van der Waals surface area contributed by atoms with Crippen molar-refractivity contribution in [2.75, 3.05) is 26.5 Å². The van der Waals surface area contributed by atoms with Crippen molar-refractivity contribution in [3.05, 3.63) is 29.6 Å². The molecule has 1 aliphatic rings. The number of benzene rings is 1. The maximum absolute atomic E-state index is 13.9. The molecule has 1 fully saturated rings. The van der Waals surface area contributed by atoms with Gasteiger partial charge in [-0.05, 0) is 31.2 Å². The van der Waals surface area contributed by atoms with Gasteiger partial charge in [0.25, 0.3) is 5.91 Å². The highest BCUT2D eigenvalue weighted by atomic mass is 32.2. The van der Waals surface area contributed by atoms with Gasteiger partial charge in [-0.3, -0.25) is 4.79 Å². The van der Waals surface area contributed by atoms with Crippen LogP contribution in [0.4, 0.5) is 4.39 Å². The van der Waals surface area contributed by atoms with E-state index in [4.69, 9.17) is 4.74 Å². The number of ether oxygens (including phenoxy) is 1. The van der Waals surface area contributed by atoms with E-state index in [0.29, 0.717) is 25.9 Å². The third kappa shape index (κ3) is 2.98. The van der Waals surface area contributed by atoms with Gasteiger partial charge in [0, 0.05) is 13.1 Å². The van der Waals surface area contributed by atoms with Gasteiger partial charge in [0.05, 0.1) is 13.2 Å². The van der Waals surface area contributed by atoms with Crippen LogP contribution in [0.25, 0.3) is 0 Å². The van der Waals surface area contributed by atoms with Gasteiger partial charge in [-0.2, -0.15) is 5.26 Å². The summed E-state index contributed by atoms with van der Waals surface area (Å²) >= 11 is 1.52. The molecule has 112 valence electrons. The number of methoxy groups -OCH3 is 1. The SMILES string of the molecule is COc1cccc(F)c1C(=O)N1CCC(C#N)(SC)CC1. The number of hydrogen-bond donors (Lipinski definition) is 0. The molecule has 0 aromatic heterocycles. The minimum Gasteiger partial charge on any atom is -0.496 e. The molecule has 6 heteroatoms. The van der Waals surface area contributed by atoms with Gasteiger partial charge in [-0.25, -0.2) is 4.39 Å². The van der Waals surface area contributed by atoms with E-state index in [2.05, 4.69) is 6.07 Å². The maximum atomic E-state index is 13.9. The fourth-order valence-electron chi connectivity index (χ4n) is 2.47. The van der Waals surface area contributed by atoms with Crippen LogP contribution in [0.5, 0.6) is 5.75 Å². The first-order valence-electron chi connectivity index (χ1n) is 6.65. The number of rotatable bonds is 3. The fourth-order valence-corrected chi connectivity index (χ4v) is 3.15. The summed E-state index contributed by atoms with van der Waals surface area (Å²) in [5, 5.41) is 9.26. The van der Waals surface area contributed by atoms with E-state index in [-0.39, 0.29) is 17.2 Å². The Balaban J connectivity index is 2.19. The number of likely N-dealkylation sites (tertiary alicyclic amines) is 1. The van der Waals surface area contributed by atoms with Crippen LogP contribution >= 0.6 is 11.8 Å². The summed E-state index contributed by atoms with van der Waals surface area (Å²) in [6.45, 7) is 0.898. The molecule has 1 heterocycles. The standard InChI is InChI=1S/C15H17FN2O2S/c1-20-12-5-3-4-11(16)13(12)14(19)18-8-6-15(10-17,21-2)7-9-18/h3-5H,6-9H2,1-2H3. The molecule has 0 radical (unpaired) electrons. The fraction of sp³-hybridized carbons (Fsp3) is 0.467. The lowest BCUT2D eigenvalue weighted by Gasteiger charge is -2.36. The van der Waals surface area contributed by atoms with Crippen LogP contribution in [0.3, 0.4) is 0 Å². The Morgan fingerprint density at radius 2 is 2.14 bits per heavy atom. The van der Waals surface area contributed by atoms with Crippen LogP contribution in [-0.2, 0) is 0 Å². The number of halogens is 1. The number of nitriles is 1. The first-order valence-corrected chi connectivity index (χ1v) is 7.87. The second kappa shape index (κ2) is 6.35. The Hall–Kier alpha value is -1.74. The Labute approximate surface area is 127 Å². The minimum atomic E-state index is -0.582. The van der Waals surface area contributed by atoms with Crippen LogP contribution in [0.15, 0.2) is 18.2 Å². The summed E-state index contributed by atoms with van der Waals surface area (Å²) in [5.74, 6) is -0.721. The number of carbonyl (C=O) groups is 1. The van der Waals surface area contributed by atoms with Crippen molar-refractivity contribution < 1.29 is 13.9 Å². The first kappa shape index (κ1) is 15.6. The van der Waals surface area contributed by atoms with E-state index in [1.165, 1.54) is 31.0 Å². The van der Waals surface area contributed by atoms with Gasteiger partial charge < -0.3 is 9.64 Å². The Bertz CT molecular complexity index is 578. The van der Waals surface area contributed by atoms with E-state index < -0.39 is 10.6 Å². The summed E-state index contributed by atoms with van der Waals surface area (Å²) in [7, 11) is 1.41. The molecule has 0 N–H and O–H groups in total. The number of carbonyl (C=O) groups excluding carboxylic acids is 1. The van der Waals surface area contributed by atoms with Crippen molar-refractivity contribution in [3.63, 3.8) is 0 Å². The van der Waals surface area contributed by atoms with Gasteiger partial charge in [0.2, 0.25) is 0 Å². The van der Waals surface area contributed by atoms with Gasteiger partial charge in [-0.15, -0.1) is 11.8 Å². The number of piperidine rings is 1. The van der Waals surface area contributed by atoms with Crippen LogP contribution < -0.4 is 4.74 Å². The van der Waals surface area contributed by atoms with Crippen molar-refractivity contribution in [2.24, 2.45) is 0 Å². The van der Waals surface area contributed by atoms with E-state index >= 15 is 0 Å². The first-order chi connectivity index (χ1) is 10.1. The lowest BCUT2D eigenvalue weighted by atomic mass is 9.96. The smallest absolute Gasteiger partial charge is 0.260 e. The summed E-state index contributed by atoms with van der Waals surface area (Å²) in [6, 6.07) is 6.66. The number of hydrogen-bond acceptors (Lipinski definition) is 4. The molecule has 1 aromatic rings. The molecule has 4 nitrogen and oxygen atoms in total. The van der Waals surface area contributed by atoms with Crippen molar-refractivity contribution >= 4 is 17.7 Å². The van der Waals surface area contributed by atoms with Crippen molar-refractivity contribution in [2.45, 2.75) is 17.6 Å². The molecule has 1 saturated heterocycles. The zero-order valence-corrected chi connectivity index (χ0v) is 12.9. The summed E-state index contributed by atoms with van der Waals surface area (Å²) < 4.78 is 18.6. The molecule has 0 aliphatic carbocycles. The quantitative estimate of drug-likeness (QED) is 0.861. The third-order valence-corrected chi connectivity index (χ3v) is 5.14. The topological polar surface area (TPSA) is 53.3 Å². The molecular formula is C15H17FN2O2S. The molecule has 1 amide bonds. The van der Waals surface area contributed by atoms with Gasteiger partial charge in [0.15, 0.2) is 0 Å². The third-order valence-electron chi connectivity index (χ3n) is 3.86. The zero-order valence-electron chi connectivity index (χ0n) is 12.1. The zero-order chi connectivity index (χ0) is 15.5. The highest BCUT2D eigenvalue weighted by molar-refractivity contribution is 8.00. The number of nitrogens with zero attached hydrogens (tertiary/aromatic N) is 2. The number of amides is 1. The molecule has 21 heavy (non-hydrogen) atoms. The van der Waals surface area contributed by atoms with Crippen molar-refractivity contribution in [1.29, 1.82) is 5.26 Å². The normalized spacial score (nSPS) is 17.1. The summed E-state index contributed by atoms with van der Waals surface area (Å²) in [4.78, 5) is 14.1. The van der Waals surface area contributed by atoms with E-state index in [0.717, 1.165) is 0 Å². The molecular weight excluding hydrogens is 291 g/mol. The van der Waals surface area contributed by atoms with E-state index in [1.54, 1.807) is 11.0 Å². The van der Waals surface area contributed by atoms with Gasteiger partial charge in [-0.1, -0.05) is 6.07 Å². The lowest BCUT2D eigenvalue weighted by molar-refractivity contribution is 0.0708. The number of thioether (sulfide) groups is 1. The average Bonchev–Trinajstić information content (AvgIpc) is 2.54. The van der Waals surface area contributed by atoms with Crippen LogP contribution in [0, 0.1) is 17.1 Å². The summed E-state index contributed by atoms with van der Waals surface area (Å²) in [5.41, 5.74) is -0.0337. The Morgan fingerprint density at radius 1 is 1.48 bits per heavy atom. The second-order valence-electron chi connectivity index (χ2n) is 4.92. The van der Waals surface area contributed by atoms with Crippen LogP contribution in [0.1, 0.15) is 23.2 Å². The molecule has 0 bridgehead atoms. The molecule has 1 aliphatic heterocycles. The van der Waals surface area contributed by atoms with E-state index in [9.17, 15) is 14.4 Å². The van der Waals surface area contributed by atoms with Gasteiger partial charge in [0.1, 0.15) is 21.9 Å². The largest absolute Gasteiger partial charge is 0.496 e. The Morgan fingerprint density at radius 3 is 2.67 bits per heavy atom. The van der Waals surface area contributed by atoms with E-state index in [1.807, 2.05) is 6.26 Å². The molecule has 0 unspecified atom stereocenters. The van der Waals surface area contributed by atoms with Crippen LogP contribution in [0.2, 0.25) is 0 Å². The molecule has 1 aromatic carbocycles.